The summed E-state index contributed by atoms with van der Waals surface area (Å²) in [5, 5.41) is 0. The highest BCUT2D eigenvalue weighted by Gasteiger charge is 2.30. The number of hydrogen-bond donors (Lipinski definition) is 0. The number of carbonyl (C=O) groups excluding carboxylic acids is 1. The van der Waals surface area contributed by atoms with Crippen molar-refractivity contribution in [3.63, 3.8) is 0 Å². The van der Waals surface area contributed by atoms with E-state index in [2.05, 4.69) is 0 Å². The molecule has 15 heavy (non-hydrogen) atoms. The van der Waals surface area contributed by atoms with E-state index >= 15 is 0 Å². The fourth-order valence-corrected chi connectivity index (χ4v) is 1.71. The van der Waals surface area contributed by atoms with Crippen LogP contribution in [0.4, 0.5) is 13.2 Å². The molecule has 0 aromatic rings. The van der Waals surface area contributed by atoms with Gasteiger partial charge in [-0.25, -0.2) is 0 Å². The van der Waals surface area contributed by atoms with Crippen molar-refractivity contribution in [3.8, 4) is 0 Å². The fourth-order valence-electron chi connectivity index (χ4n) is 1.71. The van der Waals surface area contributed by atoms with Crippen LogP contribution in [0.15, 0.2) is 0 Å². The number of carbonyl (C=O) groups is 1. The molecule has 0 spiro atoms. The molecule has 0 amide bonds. The smallest absolute Gasteiger partial charge is 0.378 e. The number of halogens is 3. The molecule has 0 aromatic heterocycles. The van der Waals surface area contributed by atoms with Gasteiger partial charge in [-0.3, -0.25) is 4.79 Å². The van der Waals surface area contributed by atoms with E-state index in [1.54, 1.807) is 0 Å². The van der Waals surface area contributed by atoms with E-state index in [0.717, 1.165) is 0 Å². The van der Waals surface area contributed by atoms with Crippen molar-refractivity contribution < 1.29 is 22.7 Å². The third-order valence-electron chi connectivity index (χ3n) is 2.54. The van der Waals surface area contributed by atoms with Crippen LogP contribution in [0.5, 0.6) is 0 Å². The van der Waals surface area contributed by atoms with Gasteiger partial charge in [0.05, 0.1) is 12.7 Å². The summed E-state index contributed by atoms with van der Waals surface area (Å²) in [6, 6.07) is 0. The molecule has 5 heteroatoms. The van der Waals surface area contributed by atoms with Crippen LogP contribution in [0, 0.1) is 5.92 Å². The van der Waals surface area contributed by atoms with Crippen molar-refractivity contribution in [1.82, 2.24) is 0 Å². The quantitative estimate of drug-likeness (QED) is 0.733. The molecule has 0 bridgehead atoms. The molecule has 0 saturated carbocycles. The van der Waals surface area contributed by atoms with Gasteiger partial charge in [-0.05, 0) is 19.8 Å². The van der Waals surface area contributed by atoms with Crippen LogP contribution in [0.2, 0.25) is 0 Å². The number of ether oxygens (including phenoxy) is 1. The van der Waals surface area contributed by atoms with Gasteiger partial charge in [-0.15, -0.1) is 0 Å². The Morgan fingerprint density at radius 3 is 2.60 bits per heavy atom. The molecule has 2 unspecified atom stereocenters. The van der Waals surface area contributed by atoms with E-state index in [0.29, 0.717) is 13.0 Å². The Kier molecular flexibility index (Phi) is 4.13. The lowest BCUT2D eigenvalue weighted by atomic mass is 9.97. The SMILES string of the molecule is CC1CC(C(=O)CCCC(F)(F)F)CO1. The van der Waals surface area contributed by atoms with Gasteiger partial charge in [0.2, 0.25) is 0 Å². The fraction of sp³-hybridized carbons (Fsp3) is 0.900. The van der Waals surface area contributed by atoms with Crippen LogP contribution in [0.25, 0.3) is 0 Å². The number of alkyl halides is 3. The number of rotatable bonds is 4. The second-order valence-electron chi connectivity index (χ2n) is 4.01. The molecular formula is C10H15F3O2. The Labute approximate surface area is 86.8 Å². The molecule has 2 atom stereocenters. The summed E-state index contributed by atoms with van der Waals surface area (Å²) in [6.45, 7) is 2.23. The van der Waals surface area contributed by atoms with Gasteiger partial charge in [0.15, 0.2) is 0 Å². The zero-order valence-corrected chi connectivity index (χ0v) is 8.64. The summed E-state index contributed by atoms with van der Waals surface area (Å²) in [6.07, 6.45) is -4.42. The summed E-state index contributed by atoms with van der Waals surface area (Å²) < 4.78 is 40.6. The van der Waals surface area contributed by atoms with Crippen molar-refractivity contribution in [1.29, 1.82) is 0 Å². The molecule has 0 aromatic carbocycles. The average Bonchev–Trinajstić information content (AvgIpc) is 2.49. The minimum atomic E-state index is -4.15. The zero-order valence-electron chi connectivity index (χ0n) is 8.64. The lowest BCUT2D eigenvalue weighted by molar-refractivity contribution is -0.137. The Morgan fingerprint density at radius 1 is 1.47 bits per heavy atom. The molecule has 2 nitrogen and oxygen atoms in total. The molecule has 1 aliphatic rings. The third kappa shape index (κ3) is 4.64. The van der Waals surface area contributed by atoms with Crippen LogP contribution >= 0.6 is 0 Å². The van der Waals surface area contributed by atoms with Gasteiger partial charge in [-0.2, -0.15) is 13.2 Å². The van der Waals surface area contributed by atoms with Crippen LogP contribution in [0.1, 0.15) is 32.6 Å². The Balaban J connectivity index is 2.19. The first-order chi connectivity index (χ1) is 6.88. The maximum atomic E-state index is 11.8. The maximum Gasteiger partial charge on any atom is 0.389 e. The van der Waals surface area contributed by atoms with E-state index < -0.39 is 12.6 Å². The van der Waals surface area contributed by atoms with E-state index in [9.17, 15) is 18.0 Å². The molecule has 0 N–H and O–H groups in total. The first kappa shape index (κ1) is 12.5. The average molecular weight is 224 g/mol. The molecule has 0 radical (unpaired) electrons. The van der Waals surface area contributed by atoms with Crippen molar-refractivity contribution in [2.75, 3.05) is 6.61 Å². The summed E-state index contributed by atoms with van der Waals surface area (Å²) in [5.41, 5.74) is 0. The molecule has 1 aliphatic heterocycles. The third-order valence-corrected chi connectivity index (χ3v) is 2.54. The topological polar surface area (TPSA) is 26.3 Å². The molecular weight excluding hydrogens is 209 g/mol. The maximum absolute atomic E-state index is 11.8. The van der Waals surface area contributed by atoms with Crippen molar-refractivity contribution >= 4 is 5.78 Å². The number of ketones is 1. The summed E-state index contributed by atoms with van der Waals surface area (Å²) in [5.74, 6) is -0.281. The van der Waals surface area contributed by atoms with Crippen LogP contribution in [0.3, 0.4) is 0 Å². The molecule has 1 heterocycles. The van der Waals surface area contributed by atoms with Crippen LogP contribution in [-0.2, 0) is 9.53 Å². The van der Waals surface area contributed by atoms with Crippen molar-refractivity contribution in [2.45, 2.75) is 44.9 Å². The second kappa shape index (κ2) is 4.96. The zero-order chi connectivity index (χ0) is 11.5. The molecule has 1 saturated heterocycles. The molecule has 0 aliphatic carbocycles. The highest BCUT2D eigenvalue weighted by atomic mass is 19.4. The highest BCUT2D eigenvalue weighted by Crippen LogP contribution is 2.25. The highest BCUT2D eigenvalue weighted by molar-refractivity contribution is 5.81. The van der Waals surface area contributed by atoms with Crippen LogP contribution < -0.4 is 0 Å². The predicted molar refractivity (Wildman–Crippen MR) is 48.4 cm³/mol. The molecule has 1 rings (SSSR count). The second-order valence-corrected chi connectivity index (χ2v) is 4.01. The van der Waals surface area contributed by atoms with Gasteiger partial charge < -0.3 is 4.74 Å². The van der Waals surface area contributed by atoms with Gasteiger partial charge >= 0.3 is 6.18 Å². The predicted octanol–water partition coefficient (Wildman–Crippen LogP) is 2.71. The summed E-state index contributed by atoms with van der Waals surface area (Å²) >= 11 is 0. The van der Waals surface area contributed by atoms with Crippen molar-refractivity contribution in [3.05, 3.63) is 0 Å². The summed E-state index contributed by atoms with van der Waals surface area (Å²) in [7, 11) is 0. The van der Waals surface area contributed by atoms with Gasteiger partial charge in [0, 0.05) is 18.8 Å². The molecule has 1 fully saturated rings. The first-order valence-electron chi connectivity index (χ1n) is 5.09. The number of hydrogen-bond acceptors (Lipinski definition) is 2. The minimum absolute atomic E-state index is 0.0141. The van der Waals surface area contributed by atoms with E-state index in [1.807, 2.05) is 6.92 Å². The number of Topliss-reactive ketones (excluding diaryl/α,β-unsaturated/α-hetero) is 1. The van der Waals surface area contributed by atoms with E-state index in [-0.39, 0.29) is 30.6 Å². The van der Waals surface area contributed by atoms with E-state index in [1.165, 1.54) is 0 Å². The summed E-state index contributed by atoms with van der Waals surface area (Å²) in [4.78, 5) is 11.4. The normalized spacial score (nSPS) is 26.9. The Morgan fingerprint density at radius 2 is 2.13 bits per heavy atom. The Hall–Kier alpha value is -0.580. The minimum Gasteiger partial charge on any atom is -0.378 e. The standard InChI is InChI=1S/C10H15F3O2/c1-7-5-8(6-15-7)9(14)3-2-4-10(11,12)13/h7-8H,2-6H2,1H3. The lowest BCUT2D eigenvalue weighted by Crippen LogP contribution is -2.16. The van der Waals surface area contributed by atoms with E-state index in [4.69, 9.17) is 4.74 Å². The lowest BCUT2D eigenvalue weighted by Gasteiger charge is -2.08. The van der Waals surface area contributed by atoms with Gasteiger partial charge in [0.25, 0.3) is 0 Å². The van der Waals surface area contributed by atoms with Crippen LogP contribution in [-0.4, -0.2) is 24.7 Å². The molecule has 88 valence electrons. The largest absolute Gasteiger partial charge is 0.389 e. The first-order valence-corrected chi connectivity index (χ1v) is 5.09. The van der Waals surface area contributed by atoms with Crippen molar-refractivity contribution in [2.24, 2.45) is 5.92 Å². The Bertz CT molecular complexity index is 225. The van der Waals surface area contributed by atoms with Gasteiger partial charge in [-0.1, -0.05) is 0 Å². The van der Waals surface area contributed by atoms with Gasteiger partial charge in [0.1, 0.15) is 5.78 Å². The monoisotopic (exact) mass is 224 g/mol.